The SMILES string of the molecule is COc1ccc(CCC(=O)Nc2cccc(CNC(=O)c3cccc(OC(C)=O)c3)c2)cc1. The molecular weight excluding hydrogens is 420 g/mol. The second-order valence-electron chi connectivity index (χ2n) is 7.40. The monoisotopic (exact) mass is 446 g/mol. The van der Waals surface area contributed by atoms with Crippen LogP contribution in [-0.4, -0.2) is 24.9 Å². The van der Waals surface area contributed by atoms with Crippen molar-refractivity contribution in [1.82, 2.24) is 5.32 Å². The smallest absolute Gasteiger partial charge is 0.308 e. The zero-order chi connectivity index (χ0) is 23.6. The molecule has 0 radical (unpaired) electrons. The molecule has 170 valence electrons. The topological polar surface area (TPSA) is 93.7 Å². The number of carbonyl (C=O) groups excluding carboxylic acids is 3. The summed E-state index contributed by atoms with van der Waals surface area (Å²) in [6.07, 6.45) is 0.976. The summed E-state index contributed by atoms with van der Waals surface area (Å²) in [5, 5.41) is 5.73. The Kier molecular flexibility index (Phi) is 8.18. The fourth-order valence-electron chi connectivity index (χ4n) is 3.18. The van der Waals surface area contributed by atoms with Crippen molar-refractivity contribution in [3.05, 3.63) is 89.5 Å². The Morgan fingerprint density at radius 3 is 2.33 bits per heavy atom. The maximum atomic E-state index is 12.4. The van der Waals surface area contributed by atoms with Crippen LogP contribution in [0.2, 0.25) is 0 Å². The van der Waals surface area contributed by atoms with Crippen LogP contribution >= 0.6 is 0 Å². The van der Waals surface area contributed by atoms with Gasteiger partial charge in [0.05, 0.1) is 7.11 Å². The molecule has 7 heteroatoms. The van der Waals surface area contributed by atoms with E-state index in [0.717, 1.165) is 16.9 Å². The molecule has 0 saturated heterocycles. The van der Waals surface area contributed by atoms with Crippen molar-refractivity contribution < 1.29 is 23.9 Å². The minimum Gasteiger partial charge on any atom is -0.497 e. The Morgan fingerprint density at radius 1 is 0.848 bits per heavy atom. The fraction of sp³-hybridized carbons (Fsp3) is 0.192. The third-order valence-electron chi connectivity index (χ3n) is 4.82. The van der Waals surface area contributed by atoms with Crippen molar-refractivity contribution in [2.45, 2.75) is 26.3 Å². The summed E-state index contributed by atoms with van der Waals surface area (Å²) in [4.78, 5) is 35.9. The first-order chi connectivity index (χ1) is 15.9. The van der Waals surface area contributed by atoms with Gasteiger partial charge >= 0.3 is 5.97 Å². The van der Waals surface area contributed by atoms with Crippen molar-refractivity contribution in [2.75, 3.05) is 12.4 Å². The van der Waals surface area contributed by atoms with Gasteiger partial charge in [-0.3, -0.25) is 14.4 Å². The summed E-state index contributed by atoms with van der Waals surface area (Å²) in [6.45, 7) is 1.59. The molecule has 0 unspecified atom stereocenters. The van der Waals surface area contributed by atoms with Crippen LogP contribution in [0, 0.1) is 0 Å². The highest BCUT2D eigenvalue weighted by molar-refractivity contribution is 5.94. The number of carbonyl (C=O) groups is 3. The van der Waals surface area contributed by atoms with E-state index in [9.17, 15) is 14.4 Å². The van der Waals surface area contributed by atoms with Crippen LogP contribution in [0.5, 0.6) is 11.5 Å². The van der Waals surface area contributed by atoms with E-state index in [4.69, 9.17) is 9.47 Å². The van der Waals surface area contributed by atoms with E-state index in [-0.39, 0.29) is 18.4 Å². The molecule has 0 aliphatic rings. The number of nitrogens with one attached hydrogen (secondary N) is 2. The molecule has 0 saturated carbocycles. The lowest BCUT2D eigenvalue weighted by molar-refractivity contribution is -0.131. The molecule has 0 heterocycles. The lowest BCUT2D eigenvalue weighted by atomic mass is 10.1. The van der Waals surface area contributed by atoms with E-state index in [1.807, 2.05) is 42.5 Å². The Bertz CT molecular complexity index is 1130. The molecule has 0 atom stereocenters. The predicted octanol–water partition coefficient (Wildman–Crippen LogP) is 4.12. The van der Waals surface area contributed by atoms with Gasteiger partial charge in [-0.15, -0.1) is 0 Å². The molecular formula is C26H26N2O5. The van der Waals surface area contributed by atoms with Crippen molar-refractivity contribution in [3.63, 3.8) is 0 Å². The first-order valence-corrected chi connectivity index (χ1v) is 10.5. The molecule has 2 amide bonds. The van der Waals surface area contributed by atoms with Crippen LogP contribution in [0.25, 0.3) is 0 Å². The molecule has 0 aliphatic carbocycles. The number of benzene rings is 3. The quantitative estimate of drug-likeness (QED) is 0.381. The van der Waals surface area contributed by atoms with E-state index < -0.39 is 5.97 Å². The summed E-state index contributed by atoms with van der Waals surface area (Å²) < 4.78 is 10.2. The number of ether oxygens (including phenoxy) is 2. The molecule has 0 aromatic heterocycles. The van der Waals surface area contributed by atoms with Gasteiger partial charge in [-0.25, -0.2) is 0 Å². The van der Waals surface area contributed by atoms with Gasteiger partial charge in [0.2, 0.25) is 5.91 Å². The number of amides is 2. The van der Waals surface area contributed by atoms with Gasteiger partial charge in [0, 0.05) is 31.1 Å². The molecule has 3 rings (SSSR count). The average molecular weight is 447 g/mol. The van der Waals surface area contributed by atoms with Crippen LogP contribution in [0.3, 0.4) is 0 Å². The van der Waals surface area contributed by atoms with Gasteiger partial charge in [-0.1, -0.05) is 30.3 Å². The highest BCUT2D eigenvalue weighted by Crippen LogP contribution is 2.16. The summed E-state index contributed by atoms with van der Waals surface area (Å²) in [5.74, 6) is 0.265. The fourth-order valence-corrected chi connectivity index (χ4v) is 3.18. The van der Waals surface area contributed by atoms with Crippen molar-refractivity contribution in [3.8, 4) is 11.5 Å². The number of rotatable bonds is 9. The highest BCUT2D eigenvalue weighted by atomic mass is 16.5. The molecule has 3 aromatic rings. The number of anilines is 1. The molecule has 2 N–H and O–H groups in total. The summed E-state index contributed by atoms with van der Waals surface area (Å²) in [5.41, 5.74) is 2.95. The molecule has 7 nitrogen and oxygen atoms in total. The van der Waals surface area contributed by atoms with Crippen LogP contribution in [0.4, 0.5) is 5.69 Å². The standard InChI is InChI=1S/C26H26N2O5/c1-18(29)33-24-8-4-6-21(16-24)26(31)27-17-20-5-3-7-22(15-20)28-25(30)14-11-19-9-12-23(32-2)13-10-19/h3-10,12-13,15-16H,11,14,17H2,1-2H3,(H,27,31)(H,28,30). The number of aryl methyl sites for hydroxylation is 1. The van der Waals surface area contributed by atoms with E-state index in [0.29, 0.717) is 29.8 Å². The molecule has 0 spiro atoms. The molecule has 0 aliphatic heterocycles. The average Bonchev–Trinajstić information content (AvgIpc) is 2.81. The van der Waals surface area contributed by atoms with Crippen molar-refractivity contribution in [1.29, 1.82) is 0 Å². The Balaban J connectivity index is 1.51. The normalized spacial score (nSPS) is 10.2. The molecule has 33 heavy (non-hydrogen) atoms. The Hall–Kier alpha value is -4.13. The lowest BCUT2D eigenvalue weighted by Gasteiger charge is -2.10. The zero-order valence-electron chi connectivity index (χ0n) is 18.6. The zero-order valence-corrected chi connectivity index (χ0v) is 18.6. The number of hydrogen-bond acceptors (Lipinski definition) is 5. The largest absolute Gasteiger partial charge is 0.497 e. The van der Waals surface area contributed by atoms with Crippen molar-refractivity contribution in [2.24, 2.45) is 0 Å². The van der Waals surface area contributed by atoms with Gasteiger partial charge in [0.15, 0.2) is 0 Å². The summed E-state index contributed by atoms with van der Waals surface area (Å²) in [6, 6.07) is 21.3. The number of esters is 1. The van der Waals surface area contributed by atoms with E-state index in [2.05, 4.69) is 10.6 Å². The summed E-state index contributed by atoms with van der Waals surface area (Å²) >= 11 is 0. The van der Waals surface area contributed by atoms with Gasteiger partial charge < -0.3 is 20.1 Å². The van der Waals surface area contributed by atoms with E-state index in [1.54, 1.807) is 31.4 Å². The molecule has 0 fully saturated rings. The maximum absolute atomic E-state index is 12.4. The van der Waals surface area contributed by atoms with E-state index >= 15 is 0 Å². The predicted molar refractivity (Wildman–Crippen MR) is 125 cm³/mol. The Morgan fingerprint density at radius 2 is 1.61 bits per heavy atom. The van der Waals surface area contributed by atoms with Crippen LogP contribution in [0.1, 0.15) is 34.8 Å². The molecule has 0 bridgehead atoms. The highest BCUT2D eigenvalue weighted by Gasteiger charge is 2.09. The van der Waals surface area contributed by atoms with Gasteiger partial charge in [0.1, 0.15) is 11.5 Å². The second kappa shape index (κ2) is 11.5. The minimum atomic E-state index is -0.449. The number of methoxy groups -OCH3 is 1. The van der Waals surface area contributed by atoms with Gasteiger partial charge in [0.25, 0.3) is 5.91 Å². The van der Waals surface area contributed by atoms with Crippen LogP contribution < -0.4 is 20.1 Å². The second-order valence-corrected chi connectivity index (χ2v) is 7.40. The third kappa shape index (κ3) is 7.50. The maximum Gasteiger partial charge on any atom is 0.308 e. The number of hydrogen-bond donors (Lipinski definition) is 2. The summed E-state index contributed by atoms with van der Waals surface area (Å²) in [7, 11) is 1.62. The minimum absolute atomic E-state index is 0.0886. The van der Waals surface area contributed by atoms with E-state index in [1.165, 1.54) is 13.0 Å². The van der Waals surface area contributed by atoms with Crippen LogP contribution in [-0.2, 0) is 22.6 Å². The lowest BCUT2D eigenvalue weighted by Crippen LogP contribution is -2.23. The Labute approximate surface area is 192 Å². The van der Waals surface area contributed by atoms with Gasteiger partial charge in [-0.05, 0) is 60.0 Å². The first-order valence-electron chi connectivity index (χ1n) is 10.5. The molecule has 3 aromatic carbocycles. The third-order valence-corrected chi connectivity index (χ3v) is 4.82. The van der Waals surface area contributed by atoms with Gasteiger partial charge in [-0.2, -0.15) is 0 Å². The first kappa shape index (κ1) is 23.5. The van der Waals surface area contributed by atoms with Crippen LogP contribution in [0.15, 0.2) is 72.8 Å². The van der Waals surface area contributed by atoms with Crippen molar-refractivity contribution >= 4 is 23.5 Å².